The lowest BCUT2D eigenvalue weighted by Crippen LogP contribution is -2.53. The van der Waals surface area contributed by atoms with Gasteiger partial charge < -0.3 is 20.6 Å². The summed E-state index contributed by atoms with van der Waals surface area (Å²) in [6.07, 6.45) is 0.604. The summed E-state index contributed by atoms with van der Waals surface area (Å²) >= 11 is 0. The topological polar surface area (TPSA) is 89.8 Å². The van der Waals surface area contributed by atoms with Gasteiger partial charge in [-0.05, 0) is 35.8 Å². The zero-order chi connectivity index (χ0) is 19.4. The van der Waals surface area contributed by atoms with Gasteiger partial charge in [-0.1, -0.05) is 52.3 Å². The molecule has 4 N–H and O–H groups in total. The quantitative estimate of drug-likeness (QED) is 0.608. The number of phenolic OH excluding ortho intramolecular Hbond substituents is 1. The van der Waals surface area contributed by atoms with E-state index in [2.05, 4.69) is 5.32 Å². The lowest BCUT2D eigenvalue weighted by molar-refractivity contribution is -0.124. The van der Waals surface area contributed by atoms with Crippen LogP contribution in [0.4, 0.5) is 0 Å². The number of hydrogen-bond donors (Lipinski definition) is 4. The molecule has 0 aliphatic heterocycles. The predicted molar refractivity (Wildman–Crippen MR) is 99.9 cm³/mol. The summed E-state index contributed by atoms with van der Waals surface area (Å²) in [6, 6.07) is 3.89. The molecule has 1 aromatic carbocycles. The van der Waals surface area contributed by atoms with Gasteiger partial charge in [0.05, 0.1) is 18.8 Å². The molecule has 5 nitrogen and oxygen atoms in total. The molecule has 1 atom stereocenters. The summed E-state index contributed by atoms with van der Waals surface area (Å²) in [5, 5.41) is 32.4. The van der Waals surface area contributed by atoms with Gasteiger partial charge in [0.25, 0.3) is 0 Å². The van der Waals surface area contributed by atoms with Crippen molar-refractivity contribution < 1.29 is 20.1 Å². The van der Waals surface area contributed by atoms with Crippen LogP contribution in [0.2, 0.25) is 0 Å². The molecule has 0 fully saturated rings. The first-order valence-corrected chi connectivity index (χ1v) is 8.86. The van der Waals surface area contributed by atoms with Crippen molar-refractivity contribution in [3.05, 3.63) is 28.8 Å². The first kappa shape index (κ1) is 21.5. The van der Waals surface area contributed by atoms with Crippen molar-refractivity contribution in [1.82, 2.24) is 5.32 Å². The van der Waals surface area contributed by atoms with Crippen LogP contribution in [-0.2, 0) is 10.2 Å². The second-order valence-electron chi connectivity index (χ2n) is 8.10. The maximum absolute atomic E-state index is 12.4. The first-order chi connectivity index (χ1) is 11.5. The fourth-order valence-electron chi connectivity index (χ4n) is 2.93. The summed E-state index contributed by atoms with van der Waals surface area (Å²) < 4.78 is 0. The molecule has 1 aromatic rings. The average molecular weight is 351 g/mol. The lowest BCUT2D eigenvalue weighted by Gasteiger charge is -2.30. The molecule has 0 aliphatic carbocycles. The van der Waals surface area contributed by atoms with Crippen molar-refractivity contribution in [3.63, 3.8) is 0 Å². The number of benzene rings is 1. The summed E-state index contributed by atoms with van der Waals surface area (Å²) in [5.74, 6) is -0.201. The third kappa shape index (κ3) is 5.19. The number of phenols is 1. The van der Waals surface area contributed by atoms with Gasteiger partial charge in [0.1, 0.15) is 5.75 Å². The third-order valence-electron chi connectivity index (χ3n) is 4.80. The number of aromatic hydroxyl groups is 1. The smallest absolute Gasteiger partial charge is 0.221 e. The van der Waals surface area contributed by atoms with Crippen LogP contribution in [0.5, 0.6) is 5.75 Å². The van der Waals surface area contributed by atoms with Crippen molar-refractivity contribution >= 4 is 5.91 Å². The van der Waals surface area contributed by atoms with Crippen LogP contribution in [-0.4, -0.2) is 40.0 Å². The van der Waals surface area contributed by atoms with Crippen LogP contribution in [0.25, 0.3) is 0 Å². The van der Waals surface area contributed by atoms with Crippen molar-refractivity contribution in [2.24, 2.45) is 0 Å². The van der Waals surface area contributed by atoms with Gasteiger partial charge >= 0.3 is 0 Å². The van der Waals surface area contributed by atoms with Gasteiger partial charge in [-0.15, -0.1) is 0 Å². The third-order valence-corrected chi connectivity index (χ3v) is 4.80. The van der Waals surface area contributed by atoms with Crippen LogP contribution in [0.3, 0.4) is 0 Å². The van der Waals surface area contributed by atoms with E-state index >= 15 is 0 Å². The lowest BCUT2D eigenvalue weighted by atomic mass is 9.82. The van der Waals surface area contributed by atoms with Crippen molar-refractivity contribution in [2.45, 2.75) is 71.3 Å². The highest BCUT2D eigenvalue weighted by atomic mass is 16.3. The van der Waals surface area contributed by atoms with E-state index in [0.717, 1.165) is 16.7 Å². The van der Waals surface area contributed by atoms with Crippen molar-refractivity contribution in [1.29, 1.82) is 0 Å². The highest BCUT2D eigenvalue weighted by Crippen LogP contribution is 2.38. The van der Waals surface area contributed by atoms with Gasteiger partial charge in [-0.25, -0.2) is 0 Å². The Labute approximate surface area is 151 Å². The molecular formula is C20H33NO4. The molecule has 0 radical (unpaired) electrons. The van der Waals surface area contributed by atoms with Crippen LogP contribution >= 0.6 is 0 Å². The maximum atomic E-state index is 12.4. The molecule has 142 valence electrons. The normalized spacial score (nSPS) is 13.6. The first-order valence-electron chi connectivity index (χ1n) is 8.86. The minimum absolute atomic E-state index is 0.169. The van der Waals surface area contributed by atoms with E-state index in [-0.39, 0.29) is 42.6 Å². The number of hydrogen-bond acceptors (Lipinski definition) is 4. The van der Waals surface area contributed by atoms with E-state index in [1.165, 1.54) is 0 Å². The Balaban J connectivity index is 3.03. The van der Waals surface area contributed by atoms with Crippen LogP contribution < -0.4 is 5.32 Å². The second kappa shape index (κ2) is 8.19. The molecule has 5 heteroatoms. The molecule has 25 heavy (non-hydrogen) atoms. The number of aliphatic hydroxyl groups is 2. The van der Waals surface area contributed by atoms with Crippen molar-refractivity contribution in [2.75, 3.05) is 13.2 Å². The minimum atomic E-state index is -0.998. The summed E-state index contributed by atoms with van der Waals surface area (Å²) in [5.41, 5.74) is 1.46. The van der Waals surface area contributed by atoms with E-state index in [1.54, 1.807) is 6.92 Å². The predicted octanol–water partition coefficient (Wildman–Crippen LogP) is 2.74. The van der Waals surface area contributed by atoms with Crippen LogP contribution in [0.15, 0.2) is 12.1 Å². The standard InChI is InChI=1S/C20H33NO4/c1-7-20(11-22,12-23)21-17(24)10-14(3)15-8-13(2)9-16(18(15)25)19(4,5)6/h8-9,14,22-23,25H,7,10-12H2,1-6H3,(H,21,24). The van der Waals surface area contributed by atoms with Gasteiger partial charge in [0.2, 0.25) is 5.91 Å². The summed E-state index contributed by atoms with van der Waals surface area (Å²) in [7, 11) is 0. The Hall–Kier alpha value is -1.59. The molecule has 1 amide bonds. The molecule has 1 rings (SSSR count). The highest BCUT2D eigenvalue weighted by Gasteiger charge is 2.30. The van der Waals surface area contributed by atoms with Gasteiger partial charge in [0.15, 0.2) is 0 Å². The van der Waals surface area contributed by atoms with Crippen LogP contribution in [0, 0.1) is 6.92 Å². The Bertz CT molecular complexity index is 592. The fraction of sp³-hybridized carbons (Fsp3) is 0.650. The molecule has 0 aromatic heterocycles. The molecular weight excluding hydrogens is 318 g/mol. The largest absolute Gasteiger partial charge is 0.507 e. The number of aryl methyl sites for hydroxylation is 1. The molecule has 0 bridgehead atoms. The SMILES string of the molecule is CCC(CO)(CO)NC(=O)CC(C)c1cc(C)cc(C(C)(C)C)c1O. The van der Waals surface area contributed by atoms with Gasteiger partial charge in [-0.3, -0.25) is 4.79 Å². The number of amides is 1. The van der Waals surface area contributed by atoms with Gasteiger partial charge in [0, 0.05) is 6.42 Å². The molecule has 1 unspecified atom stereocenters. The fourth-order valence-corrected chi connectivity index (χ4v) is 2.93. The zero-order valence-corrected chi connectivity index (χ0v) is 16.3. The molecule has 0 spiro atoms. The Kier molecular flexibility index (Phi) is 7.03. The maximum Gasteiger partial charge on any atom is 0.221 e. The van der Waals surface area contributed by atoms with E-state index in [4.69, 9.17) is 0 Å². The number of carbonyl (C=O) groups excluding carboxylic acids is 1. The van der Waals surface area contributed by atoms with E-state index in [0.29, 0.717) is 6.42 Å². The number of rotatable bonds is 7. The number of carbonyl (C=O) groups is 1. The molecule has 0 saturated carbocycles. The van der Waals surface area contributed by atoms with E-state index in [1.807, 2.05) is 46.8 Å². The van der Waals surface area contributed by atoms with Crippen molar-refractivity contribution in [3.8, 4) is 5.75 Å². The van der Waals surface area contributed by atoms with Gasteiger partial charge in [-0.2, -0.15) is 0 Å². The average Bonchev–Trinajstić information content (AvgIpc) is 2.53. The molecule has 0 heterocycles. The number of aliphatic hydroxyl groups excluding tert-OH is 2. The Morgan fingerprint density at radius 1 is 1.20 bits per heavy atom. The highest BCUT2D eigenvalue weighted by molar-refractivity contribution is 5.78. The van der Waals surface area contributed by atoms with E-state index in [9.17, 15) is 20.1 Å². The monoisotopic (exact) mass is 351 g/mol. The Morgan fingerprint density at radius 2 is 1.76 bits per heavy atom. The zero-order valence-electron chi connectivity index (χ0n) is 16.3. The molecule has 0 aliphatic rings. The Morgan fingerprint density at radius 3 is 2.20 bits per heavy atom. The summed E-state index contributed by atoms with van der Waals surface area (Å²) in [6.45, 7) is 11.2. The number of nitrogens with one attached hydrogen (secondary N) is 1. The summed E-state index contributed by atoms with van der Waals surface area (Å²) in [4.78, 5) is 12.4. The minimum Gasteiger partial charge on any atom is -0.507 e. The second-order valence-corrected chi connectivity index (χ2v) is 8.10. The van der Waals surface area contributed by atoms with Crippen LogP contribution in [0.1, 0.15) is 70.1 Å². The molecule has 0 saturated heterocycles. The van der Waals surface area contributed by atoms with E-state index < -0.39 is 5.54 Å².